The quantitative estimate of drug-likeness (QED) is 0.599. The molecule has 0 aliphatic rings. The fraction of sp³-hybridized carbons (Fsp3) is 0.250. The van der Waals surface area contributed by atoms with E-state index >= 15 is 0 Å². The van der Waals surface area contributed by atoms with E-state index in [1.807, 2.05) is 0 Å². The molecule has 0 bridgehead atoms. The van der Waals surface area contributed by atoms with Crippen molar-refractivity contribution in [2.24, 2.45) is 0 Å². The minimum atomic E-state index is -0.747. The van der Waals surface area contributed by atoms with Gasteiger partial charge in [0.05, 0.1) is 18.1 Å². The van der Waals surface area contributed by atoms with E-state index in [-0.39, 0.29) is 18.8 Å². The maximum absolute atomic E-state index is 11.0. The van der Waals surface area contributed by atoms with Gasteiger partial charge in [0.1, 0.15) is 5.75 Å². The lowest BCUT2D eigenvalue weighted by atomic mass is 10.1. The molecule has 1 atom stereocenters. The molecule has 0 heterocycles. The zero-order valence-corrected chi connectivity index (χ0v) is 13.3. The number of aliphatic hydroxyl groups is 1. The number of halogens is 1. The molecule has 0 saturated heterocycles. The van der Waals surface area contributed by atoms with Crippen molar-refractivity contribution in [3.63, 3.8) is 0 Å². The van der Waals surface area contributed by atoms with Crippen LogP contribution in [0.25, 0.3) is 0 Å². The zero-order chi connectivity index (χ0) is 16.8. The van der Waals surface area contributed by atoms with Gasteiger partial charge in [-0.25, -0.2) is 0 Å². The van der Waals surface area contributed by atoms with Gasteiger partial charge in [-0.3, -0.25) is 10.1 Å². The third-order valence-corrected chi connectivity index (χ3v) is 3.61. The van der Waals surface area contributed by atoms with Crippen LogP contribution in [-0.2, 0) is 6.54 Å². The average molecular weight is 337 g/mol. The van der Waals surface area contributed by atoms with Crippen LogP contribution in [0.15, 0.2) is 42.5 Å². The van der Waals surface area contributed by atoms with Gasteiger partial charge in [0.2, 0.25) is 0 Å². The summed E-state index contributed by atoms with van der Waals surface area (Å²) in [6, 6.07) is 11.5. The molecule has 2 aromatic carbocycles. The molecule has 2 aromatic rings. The minimum Gasteiger partial charge on any atom is -0.497 e. The topological polar surface area (TPSA) is 84.6 Å². The second-order valence-electron chi connectivity index (χ2n) is 4.95. The Labute approximate surface area is 138 Å². The van der Waals surface area contributed by atoms with Crippen molar-refractivity contribution in [1.82, 2.24) is 5.32 Å². The molecule has 2 rings (SSSR count). The Bertz CT molecular complexity index is 694. The van der Waals surface area contributed by atoms with E-state index in [1.165, 1.54) is 12.1 Å². The van der Waals surface area contributed by atoms with Gasteiger partial charge in [-0.2, -0.15) is 0 Å². The number of benzene rings is 2. The lowest BCUT2D eigenvalue weighted by Crippen LogP contribution is -2.21. The van der Waals surface area contributed by atoms with Crippen molar-refractivity contribution in [2.75, 3.05) is 13.7 Å². The normalized spacial score (nSPS) is 12.0. The molecule has 7 heteroatoms. The van der Waals surface area contributed by atoms with Gasteiger partial charge in [-0.05, 0) is 29.8 Å². The summed E-state index contributed by atoms with van der Waals surface area (Å²) in [6.45, 7) is 0.481. The molecule has 6 nitrogen and oxygen atoms in total. The van der Waals surface area contributed by atoms with Gasteiger partial charge in [-0.15, -0.1) is 0 Å². The highest BCUT2D eigenvalue weighted by molar-refractivity contribution is 6.30. The predicted molar refractivity (Wildman–Crippen MR) is 87.8 cm³/mol. The molecule has 2 N–H and O–H groups in total. The summed E-state index contributed by atoms with van der Waals surface area (Å²) >= 11 is 5.88. The Hall–Kier alpha value is -2.15. The molecule has 0 saturated carbocycles. The first-order valence-corrected chi connectivity index (χ1v) is 7.34. The second kappa shape index (κ2) is 7.92. The highest BCUT2D eigenvalue weighted by atomic mass is 35.5. The fourth-order valence-corrected chi connectivity index (χ4v) is 2.38. The highest BCUT2D eigenvalue weighted by Crippen LogP contribution is 2.23. The number of ether oxygens (including phenoxy) is 1. The van der Waals surface area contributed by atoms with Gasteiger partial charge < -0.3 is 15.2 Å². The van der Waals surface area contributed by atoms with Crippen molar-refractivity contribution in [3.05, 3.63) is 68.7 Å². The van der Waals surface area contributed by atoms with Crippen LogP contribution in [0.5, 0.6) is 5.75 Å². The van der Waals surface area contributed by atoms with Gasteiger partial charge >= 0.3 is 0 Å². The van der Waals surface area contributed by atoms with Crippen LogP contribution in [0.4, 0.5) is 5.69 Å². The lowest BCUT2D eigenvalue weighted by molar-refractivity contribution is -0.385. The molecular formula is C16H17ClN2O4. The first-order chi connectivity index (χ1) is 11.0. The standard InChI is InChI=1S/C16H17ClN2O4/c1-23-14-4-2-3-11(8-14)16(20)10-18-9-12-7-13(17)5-6-15(12)19(21)22/h2-8,16,18,20H,9-10H2,1H3. The van der Waals surface area contributed by atoms with Crippen LogP contribution >= 0.6 is 11.6 Å². The summed E-state index contributed by atoms with van der Waals surface area (Å²) in [5.74, 6) is 0.659. The molecule has 122 valence electrons. The first-order valence-electron chi connectivity index (χ1n) is 6.97. The van der Waals surface area contributed by atoms with Crippen LogP contribution in [0.2, 0.25) is 5.02 Å². The molecule has 23 heavy (non-hydrogen) atoms. The Balaban J connectivity index is 1.99. The van der Waals surface area contributed by atoms with E-state index in [9.17, 15) is 15.2 Å². The van der Waals surface area contributed by atoms with Crippen LogP contribution in [-0.4, -0.2) is 23.7 Å². The van der Waals surface area contributed by atoms with Crippen LogP contribution in [0, 0.1) is 10.1 Å². The Morgan fingerprint density at radius 2 is 2.13 bits per heavy atom. The molecule has 0 aliphatic heterocycles. The maximum Gasteiger partial charge on any atom is 0.273 e. The molecule has 0 aliphatic carbocycles. The summed E-state index contributed by atoms with van der Waals surface area (Å²) in [6.07, 6.45) is -0.747. The number of nitro benzene ring substituents is 1. The SMILES string of the molecule is COc1cccc(C(O)CNCc2cc(Cl)ccc2[N+](=O)[O-])c1. The smallest absolute Gasteiger partial charge is 0.273 e. The predicted octanol–water partition coefficient (Wildman–Crippen LogP) is 3.08. The number of hydrogen-bond donors (Lipinski definition) is 2. The Morgan fingerprint density at radius 3 is 2.83 bits per heavy atom. The number of nitro groups is 1. The monoisotopic (exact) mass is 336 g/mol. The van der Waals surface area contributed by atoms with Crippen molar-refractivity contribution >= 4 is 17.3 Å². The van der Waals surface area contributed by atoms with Gasteiger partial charge in [-0.1, -0.05) is 23.7 Å². The third-order valence-electron chi connectivity index (χ3n) is 3.37. The number of methoxy groups -OCH3 is 1. The second-order valence-corrected chi connectivity index (χ2v) is 5.39. The van der Waals surface area contributed by atoms with Crippen molar-refractivity contribution in [3.8, 4) is 5.75 Å². The van der Waals surface area contributed by atoms with E-state index < -0.39 is 11.0 Å². The van der Waals surface area contributed by atoms with Crippen molar-refractivity contribution in [2.45, 2.75) is 12.6 Å². The lowest BCUT2D eigenvalue weighted by Gasteiger charge is -2.13. The van der Waals surface area contributed by atoms with Crippen LogP contribution < -0.4 is 10.1 Å². The number of nitrogens with one attached hydrogen (secondary N) is 1. The zero-order valence-electron chi connectivity index (χ0n) is 12.5. The summed E-state index contributed by atoms with van der Waals surface area (Å²) < 4.78 is 5.11. The first kappa shape index (κ1) is 17.2. The van der Waals surface area contributed by atoms with Crippen molar-refractivity contribution in [1.29, 1.82) is 0 Å². The van der Waals surface area contributed by atoms with Crippen LogP contribution in [0.1, 0.15) is 17.2 Å². The summed E-state index contributed by atoms with van der Waals surface area (Å²) in [4.78, 5) is 10.5. The van der Waals surface area contributed by atoms with Gasteiger partial charge in [0.25, 0.3) is 5.69 Å². The Kier molecular flexibility index (Phi) is 5.92. The van der Waals surface area contributed by atoms with Gasteiger partial charge in [0, 0.05) is 29.7 Å². The number of hydrogen-bond acceptors (Lipinski definition) is 5. The molecular weight excluding hydrogens is 320 g/mol. The summed E-state index contributed by atoms with van der Waals surface area (Å²) in [7, 11) is 1.56. The fourth-order valence-electron chi connectivity index (χ4n) is 2.18. The van der Waals surface area contributed by atoms with E-state index in [2.05, 4.69) is 5.32 Å². The van der Waals surface area contributed by atoms with Crippen LogP contribution in [0.3, 0.4) is 0 Å². The molecule has 0 fully saturated rings. The minimum absolute atomic E-state index is 0.00206. The molecule has 0 aromatic heterocycles. The third kappa shape index (κ3) is 4.66. The van der Waals surface area contributed by atoms with Crippen molar-refractivity contribution < 1.29 is 14.8 Å². The largest absolute Gasteiger partial charge is 0.497 e. The Morgan fingerprint density at radius 1 is 1.35 bits per heavy atom. The van der Waals surface area contributed by atoms with E-state index in [1.54, 1.807) is 37.4 Å². The summed E-state index contributed by atoms with van der Waals surface area (Å²) in [5.41, 5.74) is 1.18. The summed E-state index contributed by atoms with van der Waals surface area (Å²) in [5, 5.41) is 24.6. The molecule has 0 spiro atoms. The van der Waals surface area contributed by atoms with E-state index in [0.29, 0.717) is 21.9 Å². The molecule has 1 unspecified atom stereocenters. The van der Waals surface area contributed by atoms with Gasteiger partial charge in [0.15, 0.2) is 0 Å². The molecule has 0 radical (unpaired) electrons. The number of nitrogens with zero attached hydrogens (tertiary/aromatic N) is 1. The maximum atomic E-state index is 11.0. The average Bonchev–Trinajstić information content (AvgIpc) is 2.54. The molecule has 0 amide bonds. The van der Waals surface area contributed by atoms with E-state index in [0.717, 1.165) is 0 Å². The number of rotatable bonds is 7. The van der Waals surface area contributed by atoms with E-state index in [4.69, 9.17) is 16.3 Å². The highest BCUT2D eigenvalue weighted by Gasteiger charge is 2.14. The number of aliphatic hydroxyl groups excluding tert-OH is 1.